The molecule has 0 unspecified atom stereocenters. The normalized spacial score (nSPS) is 11.6. The number of benzene rings is 4. The van der Waals surface area contributed by atoms with Crippen molar-refractivity contribution in [2.24, 2.45) is 0 Å². The summed E-state index contributed by atoms with van der Waals surface area (Å²) in [4.78, 5) is 9.44. The monoisotopic (exact) mass is 356 g/mol. The predicted molar refractivity (Wildman–Crippen MR) is 117 cm³/mol. The molecule has 0 N–H and O–H groups in total. The topological polar surface area (TPSA) is 25.8 Å². The van der Waals surface area contributed by atoms with Crippen LogP contribution in [0.4, 0.5) is 0 Å². The van der Waals surface area contributed by atoms with E-state index >= 15 is 0 Å². The molecule has 2 heteroatoms. The summed E-state index contributed by atoms with van der Waals surface area (Å²) in [5.41, 5.74) is 4.48. The lowest BCUT2D eigenvalue weighted by Crippen LogP contribution is -1.90. The SMILES string of the molecule is c1ccc2c(c1)cc(-c1cc3ccccc3c3ncccc13)c1cccnc12. The Labute approximate surface area is 162 Å². The van der Waals surface area contributed by atoms with Gasteiger partial charge < -0.3 is 0 Å². The summed E-state index contributed by atoms with van der Waals surface area (Å²) < 4.78 is 0. The molecule has 0 aliphatic heterocycles. The Balaban J connectivity index is 1.84. The van der Waals surface area contributed by atoms with Crippen molar-refractivity contribution in [3.05, 3.63) is 97.3 Å². The molecule has 6 aromatic rings. The molecule has 0 saturated carbocycles. The van der Waals surface area contributed by atoms with Crippen LogP contribution in [-0.4, -0.2) is 9.97 Å². The van der Waals surface area contributed by atoms with Gasteiger partial charge in [-0.05, 0) is 46.2 Å². The Hall–Kier alpha value is -3.78. The van der Waals surface area contributed by atoms with E-state index in [1.54, 1.807) is 0 Å². The molecule has 0 amide bonds. The Bertz CT molecular complexity index is 1400. The largest absolute Gasteiger partial charge is 0.256 e. The number of fused-ring (bicyclic) bond motifs is 6. The molecule has 0 radical (unpaired) electrons. The van der Waals surface area contributed by atoms with Crippen LogP contribution in [0.3, 0.4) is 0 Å². The summed E-state index contributed by atoms with van der Waals surface area (Å²) in [6.07, 6.45) is 3.75. The average Bonchev–Trinajstić information content (AvgIpc) is 2.78. The van der Waals surface area contributed by atoms with Gasteiger partial charge >= 0.3 is 0 Å². The second-order valence-corrected chi connectivity index (χ2v) is 7.09. The number of nitrogens with zero attached hydrogens (tertiary/aromatic N) is 2. The van der Waals surface area contributed by atoms with Crippen molar-refractivity contribution in [3.63, 3.8) is 0 Å². The highest BCUT2D eigenvalue weighted by atomic mass is 14.7. The quantitative estimate of drug-likeness (QED) is 0.304. The summed E-state index contributed by atoms with van der Waals surface area (Å²) in [7, 11) is 0. The lowest BCUT2D eigenvalue weighted by atomic mass is 9.91. The maximum absolute atomic E-state index is 4.72. The molecule has 0 atom stereocenters. The molecule has 130 valence electrons. The lowest BCUT2D eigenvalue weighted by Gasteiger charge is -2.14. The van der Waals surface area contributed by atoms with E-state index < -0.39 is 0 Å². The molecular weight excluding hydrogens is 340 g/mol. The van der Waals surface area contributed by atoms with Crippen LogP contribution in [-0.2, 0) is 0 Å². The van der Waals surface area contributed by atoms with Gasteiger partial charge in [0.25, 0.3) is 0 Å². The molecule has 0 fully saturated rings. The zero-order chi connectivity index (χ0) is 18.5. The number of hydrogen-bond acceptors (Lipinski definition) is 2. The summed E-state index contributed by atoms with van der Waals surface area (Å²) in [6, 6.07) is 29.9. The Morgan fingerprint density at radius 3 is 1.36 bits per heavy atom. The second kappa shape index (κ2) is 5.86. The van der Waals surface area contributed by atoms with Gasteiger partial charge in [-0.3, -0.25) is 9.97 Å². The van der Waals surface area contributed by atoms with Crippen LogP contribution in [0.5, 0.6) is 0 Å². The minimum Gasteiger partial charge on any atom is -0.256 e. The molecule has 0 saturated heterocycles. The standard InChI is InChI=1S/C26H16N2/c1-3-9-19-17(7-1)15-23(21-11-5-13-27-25(19)21)24-16-18-8-2-4-10-20(18)26-22(24)12-6-14-28-26/h1-16H. The van der Waals surface area contributed by atoms with E-state index in [9.17, 15) is 0 Å². The zero-order valence-corrected chi connectivity index (χ0v) is 15.1. The van der Waals surface area contributed by atoms with E-state index in [1.807, 2.05) is 24.5 Å². The predicted octanol–water partition coefficient (Wildman–Crippen LogP) is 6.76. The van der Waals surface area contributed by atoms with Crippen LogP contribution in [0.25, 0.3) is 54.5 Å². The number of aromatic nitrogens is 2. The van der Waals surface area contributed by atoms with Crippen molar-refractivity contribution in [2.45, 2.75) is 0 Å². The van der Waals surface area contributed by atoms with Crippen LogP contribution < -0.4 is 0 Å². The molecule has 6 rings (SSSR count). The molecule has 0 aliphatic carbocycles. The summed E-state index contributed by atoms with van der Waals surface area (Å²) in [6.45, 7) is 0. The first kappa shape index (κ1) is 15.3. The van der Waals surface area contributed by atoms with E-state index in [4.69, 9.17) is 9.97 Å². The molecule has 0 aliphatic rings. The van der Waals surface area contributed by atoms with Gasteiger partial charge in [0.15, 0.2) is 0 Å². The zero-order valence-electron chi connectivity index (χ0n) is 15.1. The number of rotatable bonds is 1. The van der Waals surface area contributed by atoms with Crippen LogP contribution in [0, 0.1) is 0 Å². The smallest absolute Gasteiger partial charge is 0.0786 e. The summed E-state index contributed by atoms with van der Waals surface area (Å²) in [5, 5.41) is 7.11. The highest BCUT2D eigenvalue weighted by molar-refractivity contribution is 6.18. The van der Waals surface area contributed by atoms with Crippen molar-refractivity contribution >= 4 is 43.4 Å². The highest BCUT2D eigenvalue weighted by Gasteiger charge is 2.14. The van der Waals surface area contributed by atoms with Crippen molar-refractivity contribution < 1.29 is 0 Å². The fourth-order valence-electron chi connectivity index (χ4n) is 4.26. The van der Waals surface area contributed by atoms with E-state index in [0.29, 0.717) is 0 Å². The first-order chi connectivity index (χ1) is 13.9. The number of pyridine rings is 2. The van der Waals surface area contributed by atoms with Gasteiger partial charge in [-0.1, -0.05) is 60.7 Å². The fraction of sp³-hybridized carbons (Fsp3) is 0. The lowest BCUT2D eigenvalue weighted by molar-refractivity contribution is 1.42. The maximum atomic E-state index is 4.72. The molecule has 2 heterocycles. The average molecular weight is 356 g/mol. The first-order valence-electron chi connectivity index (χ1n) is 9.43. The molecule has 0 spiro atoms. The minimum absolute atomic E-state index is 1.04. The highest BCUT2D eigenvalue weighted by Crippen LogP contribution is 2.39. The summed E-state index contributed by atoms with van der Waals surface area (Å²) >= 11 is 0. The van der Waals surface area contributed by atoms with Gasteiger partial charge in [0, 0.05) is 33.9 Å². The van der Waals surface area contributed by atoms with Gasteiger partial charge in [-0.2, -0.15) is 0 Å². The molecule has 28 heavy (non-hydrogen) atoms. The Morgan fingerprint density at radius 1 is 0.429 bits per heavy atom. The van der Waals surface area contributed by atoms with E-state index in [2.05, 4.69) is 72.8 Å². The van der Waals surface area contributed by atoms with Crippen molar-refractivity contribution in [2.75, 3.05) is 0 Å². The molecule has 2 nitrogen and oxygen atoms in total. The van der Waals surface area contributed by atoms with Gasteiger partial charge in [0.1, 0.15) is 0 Å². The van der Waals surface area contributed by atoms with Crippen LogP contribution in [0.15, 0.2) is 97.3 Å². The Morgan fingerprint density at radius 2 is 0.857 bits per heavy atom. The van der Waals surface area contributed by atoms with Gasteiger partial charge in [-0.25, -0.2) is 0 Å². The third-order valence-corrected chi connectivity index (χ3v) is 5.52. The fourth-order valence-corrected chi connectivity index (χ4v) is 4.26. The van der Waals surface area contributed by atoms with Crippen molar-refractivity contribution in [3.8, 4) is 11.1 Å². The summed E-state index contributed by atoms with van der Waals surface area (Å²) in [5.74, 6) is 0. The molecule has 2 aromatic heterocycles. The van der Waals surface area contributed by atoms with E-state index in [-0.39, 0.29) is 0 Å². The third-order valence-electron chi connectivity index (χ3n) is 5.52. The maximum Gasteiger partial charge on any atom is 0.0786 e. The van der Waals surface area contributed by atoms with Gasteiger partial charge in [0.05, 0.1) is 11.0 Å². The third kappa shape index (κ3) is 2.15. The van der Waals surface area contributed by atoms with Gasteiger partial charge in [0.2, 0.25) is 0 Å². The first-order valence-corrected chi connectivity index (χ1v) is 9.43. The molecule has 4 aromatic carbocycles. The Kier molecular flexibility index (Phi) is 3.20. The van der Waals surface area contributed by atoms with Crippen LogP contribution in [0.2, 0.25) is 0 Å². The van der Waals surface area contributed by atoms with Gasteiger partial charge in [-0.15, -0.1) is 0 Å². The minimum atomic E-state index is 1.04. The van der Waals surface area contributed by atoms with Crippen LogP contribution in [0.1, 0.15) is 0 Å². The number of hydrogen-bond donors (Lipinski definition) is 0. The van der Waals surface area contributed by atoms with Crippen LogP contribution >= 0.6 is 0 Å². The van der Waals surface area contributed by atoms with E-state index in [1.165, 1.54) is 43.4 Å². The molecular formula is C26H16N2. The van der Waals surface area contributed by atoms with Crippen molar-refractivity contribution in [1.82, 2.24) is 9.97 Å². The van der Waals surface area contributed by atoms with Crippen molar-refractivity contribution in [1.29, 1.82) is 0 Å². The molecule has 0 bridgehead atoms. The second-order valence-electron chi connectivity index (χ2n) is 7.09. The van der Waals surface area contributed by atoms with E-state index in [0.717, 1.165) is 11.0 Å².